The fourth-order valence-corrected chi connectivity index (χ4v) is 13.9. The van der Waals surface area contributed by atoms with Gasteiger partial charge in [0.1, 0.15) is 19.3 Å². The molecule has 99 heavy (non-hydrogen) atoms. The van der Waals surface area contributed by atoms with Crippen molar-refractivity contribution in [1.82, 2.24) is 0 Å². The first-order valence-corrected chi connectivity index (χ1v) is 44.3. The summed E-state index contributed by atoms with van der Waals surface area (Å²) >= 11 is 0. The Morgan fingerprint density at radius 1 is 0.273 bits per heavy atom. The summed E-state index contributed by atoms with van der Waals surface area (Å²) < 4.78 is 68.7. The quantitative estimate of drug-likeness (QED) is 0.0222. The molecule has 0 rings (SSSR count). The first-order chi connectivity index (χ1) is 47.7. The highest BCUT2D eigenvalue weighted by Gasteiger charge is 2.30. The molecular formula is C80H156O17P2. The Morgan fingerprint density at radius 3 is 0.687 bits per heavy atom. The highest BCUT2D eigenvalue weighted by Crippen LogP contribution is 2.45. The monoisotopic (exact) mass is 1450 g/mol. The minimum atomic E-state index is -4.96. The van der Waals surface area contributed by atoms with Crippen LogP contribution in [0.5, 0.6) is 0 Å². The van der Waals surface area contributed by atoms with Gasteiger partial charge < -0.3 is 33.8 Å². The molecule has 19 heteroatoms. The normalized spacial score (nSPS) is 14.0. The first kappa shape index (κ1) is 97.1. The molecule has 0 aliphatic carbocycles. The first-order valence-electron chi connectivity index (χ1n) is 41.3. The van der Waals surface area contributed by atoms with Crippen LogP contribution in [0.25, 0.3) is 0 Å². The van der Waals surface area contributed by atoms with Gasteiger partial charge in [-0.25, -0.2) is 9.13 Å². The summed E-state index contributed by atoms with van der Waals surface area (Å²) in [6.45, 7) is 12.0. The van der Waals surface area contributed by atoms with Crippen LogP contribution in [0.4, 0.5) is 0 Å². The number of hydrogen-bond donors (Lipinski definition) is 3. The summed E-state index contributed by atoms with van der Waals surface area (Å²) in [7, 11) is -9.92. The number of aliphatic hydroxyl groups is 1. The Morgan fingerprint density at radius 2 is 0.465 bits per heavy atom. The highest BCUT2D eigenvalue weighted by atomic mass is 31.2. The van der Waals surface area contributed by atoms with Crippen LogP contribution in [0.1, 0.15) is 414 Å². The number of esters is 4. The number of rotatable bonds is 78. The minimum absolute atomic E-state index is 0.107. The van der Waals surface area contributed by atoms with Crippen molar-refractivity contribution in [1.29, 1.82) is 0 Å². The summed E-state index contributed by atoms with van der Waals surface area (Å²) in [5.74, 6) is 0.229. The zero-order valence-corrected chi connectivity index (χ0v) is 66.8. The fraction of sp³-hybridized carbons (Fsp3) is 0.950. The van der Waals surface area contributed by atoms with Crippen molar-refractivity contribution in [3.05, 3.63) is 0 Å². The van der Waals surface area contributed by atoms with E-state index in [1.807, 2.05) is 0 Å². The Labute approximate surface area is 607 Å². The van der Waals surface area contributed by atoms with Crippen LogP contribution >= 0.6 is 15.6 Å². The molecule has 0 heterocycles. The number of aliphatic hydroxyl groups excluding tert-OH is 1. The summed E-state index contributed by atoms with van der Waals surface area (Å²) in [6.07, 6.45) is 58.1. The number of phosphoric acid groups is 2. The van der Waals surface area contributed by atoms with Gasteiger partial charge in [0.15, 0.2) is 12.2 Å². The maximum absolute atomic E-state index is 13.1. The molecule has 0 bridgehead atoms. The van der Waals surface area contributed by atoms with Gasteiger partial charge in [-0.2, -0.15) is 0 Å². The van der Waals surface area contributed by atoms with E-state index in [9.17, 15) is 43.2 Å². The van der Waals surface area contributed by atoms with Gasteiger partial charge in [0, 0.05) is 25.7 Å². The number of carbonyl (C=O) groups excluding carboxylic acids is 4. The molecule has 0 aliphatic heterocycles. The van der Waals surface area contributed by atoms with Crippen molar-refractivity contribution in [3.63, 3.8) is 0 Å². The lowest BCUT2D eigenvalue weighted by atomic mass is 10.0. The molecule has 0 aliphatic rings. The number of unbranched alkanes of at least 4 members (excludes halogenated alkanes) is 46. The van der Waals surface area contributed by atoms with E-state index in [1.165, 1.54) is 225 Å². The molecule has 0 aromatic carbocycles. The van der Waals surface area contributed by atoms with Gasteiger partial charge in [0.25, 0.3) is 0 Å². The summed E-state index contributed by atoms with van der Waals surface area (Å²) in [5.41, 5.74) is 0. The van der Waals surface area contributed by atoms with Gasteiger partial charge in [-0.05, 0) is 43.4 Å². The zero-order chi connectivity index (χ0) is 73.0. The molecule has 0 aromatic rings. The highest BCUT2D eigenvalue weighted by molar-refractivity contribution is 7.47. The van der Waals surface area contributed by atoms with Gasteiger partial charge in [-0.15, -0.1) is 0 Å². The summed E-state index contributed by atoms with van der Waals surface area (Å²) in [6, 6.07) is 0. The van der Waals surface area contributed by atoms with Crippen LogP contribution in [0, 0.1) is 17.8 Å². The van der Waals surface area contributed by atoms with E-state index in [1.54, 1.807) is 0 Å². The molecule has 0 amide bonds. The van der Waals surface area contributed by atoms with Crippen LogP contribution in [-0.2, 0) is 65.4 Å². The van der Waals surface area contributed by atoms with E-state index in [0.717, 1.165) is 108 Å². The molecular weight excluding hydrogens is 1290 g/mol. The number of carbonyl (C=O) groups is 4. The van der Waals surface area contributed by atoms with Crippen molar-refractivity contribution < 1.29 is 80.2 Å². The maximum Gasteiger partial charge on any atom is 0.472 e. The molecule has 0 fully saturated rings. The average Bonchev–Trinajstić information content (AvgIpc) is 1.02. The Kier molecular flexibility index (Phi) is 69.0. The van der Waals surface area contributed by atoms with Crippen LogP contribution in [0.2, 0.25) is 0 Å². The van der Waals surface area contributed by atoms with Gasteiger partial charge in [0.2, 0.25) is 0 Å². The molecule has 0 saturated heterocycles. The van der Waals surface area contributed by atoms with E-state index in [2.05, 4.69) is 48.5 Å². The summed E-state index contributed by atoms with van der Waals surface area (Å²) in [5, 5.41) is 10.6. The second kappa shape index (κ2) is 70.4. The lowest BCUT2D eigenvalue weighted by Crippen LogP contribution is -2.30. The molecule has 5 atom stereocenters. The number of hydrogen-bond acceptors (Lipinski definition) is 15. The molecule has 17 nitrogen and oxygen atoms in total. The van der Waals surface area contributed by atoms with Crippen LogP contribution < -0.4 is 0 Å². The molecule has 588 valence electrons. The standard InChI is InChI=1S/C80H156O17P2/c1-8-9-10-11-12-13-14-18-26-33-40-47-54-61-77(82)90-67-76(97-80(85)64-57-50-43-36-29-22-25-32-39-46-53-60-73(6)7)70-95-99(88,89)93-66-74(81)65-92-98(86,87)94-69-75(68-91-78(83)62-55-48-41-34-28-21-24-31-38-45-52-59-72(4)5)96-79(84)63-56-49-42-35-27-20-17-15-16-19-23-30-37-44-51-58-71(2)3/h71-76,81H,8-70H2,1-7H3,(H,86,87)(H,88,89)/t74-,75-,76-/m1/s1. The van der Waals surface area contributed by atoms with Crippen molar-refractivity contribution in [3.8, 4) is 0 Å². The largest absolute Gasteiger partial charge is 0.472 e. The SMILES string of the molecule is CCCCCCCCCCCCCCCC(=O)OC[C@H](COP(=O)(O)OC[C@H](O)COP(=O)(O)OC[C@@H](COC(=O)CCCCCCCCCCCCCC(C)C)OC(=O)CCCCCCCCCCCCCCCCCC(C)C)OC(=O)CCCCCCCCCCCCCC(C)C. The topological polar surface area (TPSA) is 237 Å². The third-order valence-corrected chi connectivity index (χ3v) is 20.5. The predicted octanol–water partition coefficient (Wildman–Crippen LogP) is 23.7. The van der Waals surface area contributed by atoms with E-state index in [-0.39, 0.29) is 25.7 Å². The van der Waals surface area contributed by atoms with Gasteiger partial charge in [0.05, 0.1) is 26.4 Å². The third-order valence-electron chi connectivity index (χ3n) is 18.6. The lowest BCUT2D eigenvalue weighted by Gasteiger charge is -2.21. The Balaban J connectivity index is 5.27. The van der Waals surface area contributed by atoms with Gasteiger partial charge in [-0.1, -0.05) is 363 Å². The van der Waals surface area contributed by atoms with Crippen molar-refractivity contribution in [2.24, 2.45) is 17.8 Å². The fourth-order valence-electron chi connectivity index (χ4n) is 12.3. The van der Waals surface area contributed by atoms with Crippen molar-refractivity contribution in [2.75, 3.05) is 39.6 Å². The zero-order valence-electron chi connectivity index (χ0n) is 65.0. The third kappa shape index (κ3) is 74.1. The number of ether oxygens (including phenoxy) is 4. The summed E-state index contributed by atoms with van der Waals surface area (Å²) in [4.78, 5) is 73.0. The van der Waals surface area contributed by atoms with Crippen molar-refractivity contribution >= 4 is 39.5 Å². The van der Waals surface area contributed by atoms with E-state index >= 15 is 0 Å². The second-order valence-corrected chi connectivity index (χ2v) is 33.1. The Hall–Kier alpha value is -1.94. The second-order valence-electron chi connectivity index (χ2n) is 30.2. The van der Waals surface area contributed by atoms with E-state index in [0.29, 0.717) is 25.7 Å². The molecule has 0 aromatic heterocycles. The Bertz CT molecular complexity index is 1920. The van der Waals surface area contributed by atoms with E-state index < -0.39 is 97.5 Å². The van der Waals surface area contributed by atoms with Crippen LogP contribution in [0.3, 0.4) is 0 Å². The minimum Gasteiger partial charge on any atom is -0.462 e. The van der Waals surface area contributed by atoms with Gasteiger partial charge >= 0.3 is 39.5 Å². The molecule has 3 N–H and O–H groups in total. The molecule has 0 saturated carbocycles. The lowest BCUT2D eigenvalue weighted by molar-refractivity contribution is -0.161. The van der Waals surface area contributed by atoms with Crippen LogP contribution in [-0.4, -0.2) is 96.7 Å². The predicted molar refractivity (Wildman–Crippen MR) is 405 cm³/mol. The average molecular weight is 1450 g/mol. The number of phosphoric ester groups is 2. The van der Waals surface area contributed by atoms with E-state index in [4.69, 9.17) is 37.0 Å². The van der Waals surface area contributed by atoms with Crippen molar-refractivity contribution in [2.45, 2.75) is 433 Å². The maximum atomic E-state index is 13.1. The molecule has 2 unspecified atom stereocenters. The van der Waals surface area contributed by atoms with Gasteiger partial charge in [-0.3, -0.25) is 37.3 Å². The van der Waals surface area contributed by atoms with Crippen LogP contribution in [0.15, 0.2) is 0 Å². The molecule has 0 spiro atoms. The smallest absolute Gasteiger partial charge is 0.462 e. The molecule has 0 radical (unpaired) electrons.